The summed E-state index contributed by atoms with van der Waals surface area (Å²) in [5, 5.41) is 1.19. The summed E-state index contributed by atoms with van der Waals surface area (Å²) in [6, 6.07) is 21.6. The predicted octanol–water partition coefficient (Wildman–Crippen LogP) is 5.01. The van der Waals surface area contributed by atoms with E-state index in [4.69, 9.17) is 14.2 Å². The molecule has 0 fully saturated rings. The molecular weight excluding hydrogens is 428 g/mol. The van der Waals surface area contributed by atoms with Crippen LogP contribution in [-0.2, 0) is 24.2 Å². The average Bonchev–Trinajstić information content (AvgIpc) is 3.29. The topological polar surface area (TPSA) is 63.8 Å². The number of carbonyl (C=O) groups excluding carboxylic acids is 1. The Labute approximate surface area is 200 Å². The van der Waals surface area contributed by atoms with Gasteiger partial charge in [-0.3, -0.25) is 4.79 Å². The SMILES string of the molecule is COc1ccc(CC(=O)N(CCc2c[nH]c3ccccc23)Cc2ccc(OC)c(OC)c2)cc1. The first-order chi connectivity index (χ1) is 16.6. The Morgan fingerprint density at radius 3 is 2.32 bits per heavy atom. The summed E-state index contributed by atoms with van der Waals surface area (Å²) < 4.78 is 16.1. The number of methoxy groups -OCH3 is 3. The van der Waals surface area contributed by atoms with Crippen LogP contribution in [0.4, 0.5) is 0 Å². The third kappa shape index (κ3) is 5.34. The van der Waals surface area contributed by atoms with E-state index in [2.05, 4.69) is 17.1 Å². The first-order valence-corrected chi connectivity index (χ1v) is 11.3. The highest BCUT2D eigenvalue weighted by Gasteiger charge is 2.17. The second-order valence-corrected chi connectivity index (χ2v) is 8.14. The van der Waals surface area contributed by atoms with Crippen LogP contribution in [0.25, 0.3) is 10.9 Å². The lowest BCUT2D eigenvalue weighted by atomic mass is 10.1. The number of benzene rings is 3. The second-order valence-electron chi connectivity index (χ2n) is 8.14. The van der Waals surface area contributed by atoms with Crippen LogP contribution in [0.2, 0.25) is 0 Å². The van der Waals surface area contributed by atoms with Gasteiger partial charge in [-0.2, -0.15) is 0 Å². The molecule has 1 heterocycles. The molecule has 4 aromatic rings. The Morgan fingerprint density at radius 1 is 0.853 bits per heavy atom. The van der Waals surface area contributed by atoms with Crippen LogP contribution in [0, 0.1) is 0 Å². The number of para-hydroxylation sites is 1. The lowest BCUT2D eigenvalue weighted by Gasteiger charge is -2.24. The maximum Gasteiger partial charge on any atom is 0.227 e. The quantitative estimate of drug-likeness (QED) is 0.363. The van der Waals surface area contributed by atoms with Crippen molar-refractivity contribution in [3.8, 4) is 17.2 Å². The number of amides is 1. The molecule has 0 spiro atoms. The zero-order chi connectivity index (χ0) is 23.9. The lowest BCUT2D eigenvalue weighted by Crippen LogP contribution is -2.33. The van der Waals surface area contributed by atoms with Crippen molar-refractivity contribution in [3.05, 3.63) is 89.6 Å². The number of ether oxygens (including phenoxy) is 3. The second kappa shape index (κ2) is 10.8. The molecular formula is C28H30N2O4. The number of rotatable bonds is 10. The highest BCUT2D eigenvalue weighted by Crippen LogP contribution is 2.28. The van der Waals surface area contributed by atoms with Gasteiger partial charge in [-0.25, -0.2) is 0 Å². The summed E-state index contributed by atoms with van der Waals surface area (Å²) in [6.45, 7) is 1.09. The molecule has 1 amide bonds. The molecule has 0 aliphatic carbocycles. The molecule has 0 atom stereocenters. The van der Waals surface area contributed by atoms with Crippen molar-refractivity contribution in [1.82, 2.24) is 9.88 Å². The van der Waals surface area contributed by atoms with E-state index in [0.717, 1.165) is 28.8 Å². The Hall–Kier alpha value is -3.93. The Balaban J connectivity index is 1.54. The minimum atomic E-state index is 0.0693. The highest BCUT2D eigenvalue weighted by molar-refractivity contribution is 5.83. The number of nitrogens with one attached hydrogen (secondary N) is 1. The van der Waals surface area contributed by atoms with Crippen molar-refractivity contribution < 1.29 is 19.0 Å². The smallest absolute Gasteiger partial charge is 0.227 e. The standard InChI is InChI=1S/C28H30N2O4/c1-32-23-11-8-20(9-12-23)17-28(31)30(19-21-10-13-26(33-2)27(16-21)34-3)15-14-22-18-29-25-7-5-4-6-24(22)25/h4-13,16,18,29H,14-15,17,19H2,1-3H3. The van der Waals surface area contributed by atoms with E-state index in [1.165, 1.54) is 10.9 Å². The largest absolute Gasteiger partial charge is 0.497 e. The van der Waals surface area contributed by atoms with Crippen LogP contribution >= 0.6 is 0 Å². The monoisotopic (exact) mass is 458 g/mol. The van der Waals surface area contributed by atoms with Gasteiger partial charge in [0.05, 0.1) is 27.8 Å². The van der Waals surface area contributed by atoms with E-state index in [-0.39, 0.29) is 5.91 Å². The molecule has 0 aliphatic heterocycles. The van der Waals surface area contributed by atoms with Gasteiger partial charge < -0.3 is 24.1 Å². The number of aromatic amines is 1. The Bertz CT molecular complexity index is 1250. The molecule has 176 valence electrons. The number of nitrogens with zero attached hydrogens (tertiary/aromatic N) is 1. The van der Waals surface area contributed by atoms with Gasteiger partial charge in [0.1, 0.15) is 5.75 Å². The molecule has 0 saturated heterocycles. The number of fused-ring (bicyclic) bond motifs is 1. The van der Waals surface area contributed by atoms with E-state index >= 15 is 0 Å². The minimum Gasteiger partial charge on any atom is -0.497 e. The van der Waals surface area contributed by atoms with E-state index in [1.54, 1.807) is 21.3 Å². The number of hydrogen-bond donors (Lipinski definition) is 1. The molecule has 4 rings (SSSR count). The normalized spacial score (nSPS) is 10.8. The van der Waals surface area contributed by atoms with Crippen LogP contribution in [0.3, 0.4) is 0 Å². The van der Waals surface area contributed by atoms with Gasteiger partial charge in [-0.1, -0.05) is 36.4 Å². The zero-order valence-corrected chi connectivity index (χ0v) is 19.8. The molecule has 34 heavy (non-hydrogen) atoms. The molecule has 0 saturated carbocycles. The van der Waals surface area contributed by atoms with Crippen molar-refractivity contribution in [2.24, 2.45) is 0 Å². The molecule has 0 bridgehead atoms. The number of hydrogen-bond acceptors (Lipinski definition) is 4. The third-order valence-corrected chi connectivity index (χ3v) is 6.01. The van der Waals surface area contributed by atoms with Crippen LogP contribution < -0.4 is 14.2 Å². The van der Waals surface area contributed by atoms with Crippen LogP contribution in [0.15, 0.2) is 72.9 Å². The fraction of sp³-hybridized carbons (Fsp3) is 0.250. The molecule has 6 heteroatoms. The van der Waals surface area contributed by atoms with Crippen molar-refractivity contribution in [2.45, 2.75) is 19.4 Å². The summed E-state index contributed by atoms with van der Waals surface area (Å²) in [7, 11) is 4.87. The minimum absolute atomic E-state index is 0.0693. The van der Waals surface area contributed by atoms with Gasteiger partial charge >= 0.3 is 0 Å². The van der Waals surface area contributed by atoms with E-state index < -0.39 is 0 Å². The third-order valence-electron chi connectivity index (χ3n) is 6.01. The first kappa shape index (κ1) is 23.2. The molecule has 1 N–H and O–H groups in total. The van der Waals surface area contributed by atoms with E-state index in [1.807, 2.05) is 65.7 Å². The van der Waals surface area contributed by atoms with Gasteiger partial charge in [-0.15, -0.1) is 0 Å². The van der Waals surface area contributed by atoms with E-state index in [0.29, 0.717) is 31.0 Å². The molecule has 3 aromatic carbocycles. The summed E-state index contributed by atoms with van der Waals surface area (Å²) in [5.74, 6) is 2.16. The zero-order valence-electron chi connectivity index (χ0n) is 19.8. The van der Waals surface area contributed by atoms with E-state index in [9.17, 15) is 4.79 Å². The van der Waals surface area contributed by atoms with Gasteiger partial charge in [0.15, 0.2) is 11.5 Å². The number of H-pyrrole nitrogens is 1. The fourth-order valence-corrected chi connectivity index (χ4v) is 4.11. The molecule has 0 aliphatic rings. The summed E-state index contributed by atoms with van der Waals surface area (Å²) >= 11 is 0. The fourth-order valence-electron chi connectivity index (χ4n) is 4.11. The van der Waals surface area contributed by atoms with Gasteiger partial charge in [0, 0.05) is 30.2 Å². The van der Waals surface area contributed by atoms with Crippen molar-refractivity contribution >= 4 is 16.8 Å². The van der Waals surface area contributed by atoms with Crippen LogP contribution in [0.5, 0.6) is 17.2 Å². The van der Waals surface area contributed by atoms with Crippen molar-refractivity contribution in [2.75, 3.05) is 27.9 Å². The van der Waals surface area contributed by atoms with Gasteiger partial charge in [0.25, 0.3) is 0 Å². The maximum absolute atomic E-state index is 13.4. The highest BCUT2D eigenvalue weighted by atomic mass is 16.5. The number of carbonyl (C=O) groups is 1. The Morgan fingerprint density at radius 2 is 1.59 bits per heavy atom. The van der Waals surface area contributed by atoms with Crippen molar-refractivity contribution in [1.29, 1.82) is 0 Å². The Kier molecular flexibility index (Phi) is 7.38. The predicted molar refractivity (Wildman–Crippen MR) is 134 cm³/mol. The maximum atomic E-state index is 13.4. The summed E-state index contributed by atoms with van der Waals surface area (Å²) in [6.07, 6.45) is 3.12. The van der Waals surface area contributed by atoms with Gasteiger partial charge in [0.2, 0.25) is 5.91 Å². The van der Waals surface area contributed by atoms with Crippen molar-refractivity contribution in [3.63, 3.8) is 0 Å². The van der Waals surface area contributed by atoms with Crippen LogP contribution in [-0.4, -0.2) is 43.7 Å². The molecule has 0 unspecified atom stereocenters. The number of aromatic nitrogens is 1. The molecule has 6 nitrogen and oxygen atoms in total. The molecule has 1 aromatic heterocycles. The summed E-state index contributed by atoms with van der Waals surface area (Å²) in [5.41, 5.74) is 4.24. The average molecular weight is 459 g/mol. The first-order valence-electron chi connectivity index (χ1n) is 11.3. The van der Waals surface area contributed by atoms with Crippen LogP contribution in [0.1, 0.15) is 16.7 Å². The molecule has 0 radical (unpaired) electrons. The summed E-state index contributed by atoms with van der Waals surface area (Å²) in [4.78, 5) is 18.6. The van der Waals surface area contributed by atoms with Gasteiger partial charge in [-0.05, 0) is 53.4 Å². The lowest BCUT2D eigenvalue weighted by molar-refractivity contribution is -0.131.